The Bertz CT molecular complexity index is 603. The molecule has 0 amide bonds. The molecular formula is C15H28IN5O2S. The number of nitrogens with one attached hydrogen (secondary N) is 2. The Morgan fingerprint density at radius 1 is 1.29 bits per heavy atom. The second-order valence-electron chi connectivity index (χ2n) is 5.74. The summed E-state index contributed by atoms with van der Waals surface area (Å²) in [6.07, 6.45) is 7.10. The molecular weight excluding hydrogens is 441 g/mol. The molecule has 1 aliphatic heterocycles. The van der Waals surface area contributed by atoms with Crippen molar-refractivity contribution in [1.82, 2.24) is 19.5 Å². The van der Waals surface area contributed by atoms with E-state index in [2.05, 4.69) is 20.2 Å². The predicted molar refractivity (Wildman–Crippen MR) is 108 cm³/mol. The smallest absolute Gasteiger partial charge is 0.211 e. The zero-order chi connectivity index (χ0) is 16.7. The molecule has 24 heavy (non-hydrogen) atoms. The van der Waals surface area contributed by atoms with Crippen molar-refractivity contribution in [3.63, 3.8) is 0 Å². The van der Waals surface area contributed by atoms with Crippen LogP contribution in [0.1, 0.15) is 19.8 Å². The molecule has 0 radical (unpaired) electrons. The summed E-state index contributed by atoms with van der Waals surface area (Å²) in [6.45, 7) is 5.51. The van der Waals surface area contributed by atoms with E-state index < -0.39 is 10.0 Å². The average molecular weight is 469 g/mol. The van der Waals surface area contributed by atoms with E-state index in [9.17, 15) is 8.42 Å². The number of hydrogen-bond acceptors (Lipinski definition) is 3. The average Bonchev–Trinajstić information content (AvgIpc) is 3.15. The third kappa shape index (κ3) is 6.60. The van der Waals surface area contributed by atoms with Gasteiger partial charge in [0.25, 0.3) is 0 Å². The molecule has 7 nitrogen and oxygen atoms in total. The van der Waals surface area contributed by atoms with Gasteiger partial charge in [0, 0.05) is 44.6 Å². The normalized spacial score (nSPS) is 19.1. The molecule has 0 aliphatic carbocycles. The Labute approximate surface area is 162 Å². The van der Waals surface area contributed by atoms with Crippen LogP contribution in [0.3, 0.4) is 0 Å². The maximum Gasteiger partial charge on any atom is 0.211 e. The molecule has 9 heteroatoms. The summed E-state index contributed by atoms with van der Waals surface area (Å²) in [4.78, 5) is 4.56. The molecule has 0 unspecified atom stereocenters. The van der Waals surface area contributed by atoms with Gasteiger partial charge in [0.15, 0.2) is 5.96 Å². The molecule has 0 spiro atoms. The Balaban J connectivity index is 0.00000288. The van der Waals surface area contributed by atoms with E-state index in [0.29, 0.717) is 13.1 Å². The van der Waals surface area contributed by atoms with Gasteiger partial charge in [0.05, 0.1) is 12.8 Å². The first kappa shape index (κ1) is 21.2. The van der Waals surface area contributed by atoms with Gasteiger partial charge in [0.2, 0.25) is 10.0 Å². The van der Waals surface area contributed by atoms with Gasteiger partial charge >= 0.3 is 0 Å². The maximum atomic E-state index is 11.8. The molecule has 0 bridgehead atoms. The first-order chi connectivity index (χ1) is 11.0. The fourth-order valence-electron chi connectivity index (χ4n) is 2.79. The van der Waals surface area contributed by atoms with Crippen molar-refractivity contribution in [2.45, 2.75) is 32.4 Å². The quantitative estimate of drug-likeness (QED) is 0.356. The summed E-state index contributed by atoms with van der Waals surface area (Å²) >= 11 is 0. The van der Waals surface area contributed by atoms with Crippen LogP contribution < -0.4 is 10.6 Å². The lowest BCUT2D eigenvalue weighted by Crippen LogP contribution is -2.41. The molecule has 1 atom stereocenters. The molecule has 1 aromatic heterocycles. The van der Waals surface area contributed by atoms with E-state index in [1.807, 2.05) is 31.5 Å². The lowest BCUT2D eigenvalue weighted by atomic mass is 10.2. The molecule has 2 rings (SSSR count). The summed E-state index contributed by atoms with van der Waals surface area (Å²) in [5.41, 5.74) is 0. The van der Waals surface area contributed by atoms with Crippen LogP contribution in [0.4, 0.5) is 0 Å². The lowest BCUT2D eigenvalue weighted by Gasteiger charge is -2.21. The number of guanidine groups is 1. The summed E-state index contributed by atoms with van der Waals surface area (Å²) in [7, 11) is -3.14. The standard InChI is InChI=1S/C15H27N5O2S.HI/c1-3-16-15(17-8-12-19-9-4-5-10-19)18-13-14-7-6-11-20(14)23(2,21)22;/h4-5,9-10,14H,3,6-8,11-13H2,1-2H3,(H2,16,17,18);1H/t14-;/m1./s1. The van der Waals surface area contributed by atoms with Crippen LogP contribution in [0.25, 0.3) is 0 Å². The molecule has 1 fully saturated rings. The van der Waals surface area contributed by atoms with E-state index in [4.69, 9.17) is 0 Å². The van der Waals surface area contributed by atoms with Gasteiger partial charge in [-0.15, -0.1) is 24.0 Å². The molecule has 0 saturated carbocycles. The van der Waals surface area contributed by atoms with Crippen molar-refractivity contribution in [3.05, 3.63) is 24.5 Å². The molecule has 1 aliphatic rings. The molecule has 138 valence electrons. The summed E-state index contributed by atoms with van der Waals surface area (Å²) in [6, 6.07) is 3.98. The molecule has 0 aromatic carbocycles. The Morgan fingerprint density at radius 2 is 2.00 bits per heavy atom. The van der Waals surface area contributed by atoms with Gasteiger partial charge in [-0.2, -0.15) is 4.31 Å². The second-order valence-corrected chi connectivity index (χ2v) is 7.67. The van der Waals surface area contributed by atoms with Crippen molar-refractivity contribution < 1.29 is 8.42 Å². The number of nitrogens with zero attached hydrogens (tertiary/aromatic N) is 3. The number of rotatable bonds is 7. The van der Waals surface area contributed by atoms with Crippen LogP contribution in [-0.4, -0.2) is 61.7 Å². The van der Waals surface area contributed by atoms with Crippen LogP contribution in [0.15, 0.2) is 29.5 Å². The van der Waals surface area contributed by atoms with E-state index in [1.165, 1.54) is 6.26 Å². The highest BCUT2D eigenvalue weighted by atomic mass is 127. The minimum Gasteiger partial charge on any atom is -0.357 e. The van der Waals surface area contributed by atoms with Gasteiger partial charge in [-0.25, -0.2) is 8.42 Å². The SMILES string of the molecule is CCNC(=NC[C@H]1CCCN1S(C)(=O)=O)NCCn1cccc1.I. The fraction of sp³-hybridized carbons (Fsp3) is 0.667. The van der Waals surface area contributed by atoms with Gasteiger partial charge in [-0.1, -0.05) is 0 Å². The zero-order valence-electron chi connectivity index (χ0n) is 14.3. The fourth-order valence-corrected chi connectivity index (χ4v) is 3.96. The monoisotopic (exact) mass is 469 g/mol. The van der Waals surface area contributed by atoms with Crippen molar-refractivity contribution >= 4 is 40.0 Å². The van der Waals surface area contributed by atoms with Gasteiger partial charge in [-0.3, -0.25) is 4.99 Å². The van der Waals surface area contributed by atoms with Gasteiger partial charge in [0.1, 0.15) is 0 Å². The third-order valence-electron chi connectivity index (χ3n) is 3.88. The highest BCUT2D eigenvalue weighted by Crippen LogP contribution is 2.20. The molecule has 1 saturated heterocycles. The molecule has 2 N–H and O–H groups in total. The van der Waals surface area contributed by atoms with Crippen molar-refractivity contribution in [2.24, 2.45) is 4.99 Å². The van der Waals surface area contributed by atoms with Crippen LogP contribution in [-0.2, 0) is 16.6 Å². The Morgan fingerprint density at radius 3 is 2.62 bits per heavy atom. The number of aliphatic imine (C=N–C) groups is 1. The largest absolute Gasteiger partial charge is 0.357 e. The molecule has 1 aromatic rings. The Hall–Kier alpha value is -0.810. The first-order valence-corrected chi connectivity index (χ1v) is 9.95. The zero-order valence-corrected chi connectivity index (χ0v) is 17.5. The topological polar surface area (TPSA) is 78.7 Å². The summed E-state index contributed by atoms with van der Waals surface area (Å²) < 4.78 is 27.2. The number of halogens is 1. The highest BCUT2D eigenvalue weighted by Gasteiger charge is 2.31. The minimum absolute atomic E-state index is 0. The van der Waals surface area contributed by atoms with E-state index >= 15 is 0 Å². The van der Waals surface area contributed by atoms with E-state index in [0.717, 1.165) is 38.4 Å². The van der Waals surface area contributed by atoms with Crippen LogP contribution in [0.2, 0.25) is 0 Å². The number of sulfonamides is 1. The minimum atomic E-state index is -3.14. The van der Waals surface area contributed by atoms with Crippen molar-refractivity contribution in [2.75, 3.05) is 32.4 Å². The van der Waals surface area contributed by atoms with Crippen LogP contribution in [0.5, 0.6) is 0 Å². The van der Waals surface area contributed by atoms with E-state index in [1.54, 1.807) is 4.31 Å². The van der Waals surface area contributed by atoms with Crippen molar-refractivity contribution in [3.8, 4) is 0 Å². The third-order valence-corrected chi connectivity index (χ3v) is 5.21. The first-order valence-electron chi connectivity index (χ1n) is 8.10. The number of aromatic nitrogens is 1. The highest BCUT2D eigenvalue weighted by molar-refractivity contribution is 14.0. The summed E-state index contributed by atoms with van der Waals surface area (Å²) in [5, 5.41) is 6.49. The van der Waals surface area contributed by atoms with Gasteiger partial charge in [-0.05, 0) is 31.9 Å². The van der Waals surface area contributed by atoms with Crippen LogP contribution >= 0.6 is 24.0 Å². The van der Waals surface area contributed by atoms with Crippen LogP contribution in [0, 0.1) is 0 Å². The summed E-state index contributed by atoms with van der Waals surface area (Å²) in [5.74, 6) is 0.736. The van der Waals surface area contributed by atoms with E-state index in [-0.39, 0.29) is 30.0 Å². The lowest BCUT2D eigenvalue weighted by molar-refractivity contribution is 0.396. The second kappa shape index (κ2) is 10.2. The van der Waals surface area contributed by atoms with Crippen molar-refractivity contribution in [1.29, 1.82) is 0 Å². The Kier molecular flexibility index (Phi) is 9.06. The van der Waals surface area contributed by atoms with Gasteiger partial charge < -0.3 is 15.2 Å². The predicted octanol–water partition coefficient (Wildman–Crippen LogP) is 1.09. The number of hydrogen-bond donors (Lipinski definition) is 2. The molecule has 2 heterocycles. The maximum absolute atomic E-state index is 11.8.